The lowest BCUT2D eigenvalue weighted by molar-refractivity contribution is 0.153. The molecule has 0 heterocycles. The second-order valence-electron chi connectivity index (χ2n) is 5.11. The molecule has 102 valence electrons. The van der Waals surface area contributed by atoms with Crippen molar-refractivity contribution in [3.63, 3.8) is 0 Å². The maximum Gasteiger partial charge on any atom is 0.137 e. The van der Waals surface area contributed by atoms with Crippen molar-refractivity contribution in [2.75, 3.05) is 13.2 Å². The van der Waals surface area contributed by atoms with Crippen LogP contribution in [-0.4, -0.2) is 13.2 Å². The average molecular weight is 279 g/mol. The van der Waals surface area contributed by atoms with Gasteiger partial charge in [0.1, 0.15) is 5.75 Å². The molecule has 1 aromatic carbocycles. The third kappa shape index (κ3) is 3.62. The molecule has 0 spiro atoms. The Kier molecular flexibility index (Phi) is 5.07. The Labute approximate surface area is 119 Å². The van der Waals surface area contributed by atoms with Crippen LogP contribution < -0.4 is 10.5 Å². The maximum absolute atomic E-state index is 8.79. The third-order valence-electron chi connectivity index (χ3n) is 3.88. The van der Waals surface area contributed by atoms with Crippen molar-refractivity contribution in [1.82, 2.24) is 0 Å². The molecule has 19 heavy (non-hydrogen) atoms. The van der Waals surface area contributed by atoms with Crippen LogP contribution in [0.3, 0.4) is 0 Å². The van der Waals surface area contributed by atoms with Gasteiger partial charge in [-0.25, -0.2) is 0 Å². The van der Waals surface area contributed by atoms with Gasteiger partial charge < -0.3 is 10.5 Å². The van der Waals surface area contributed by atoms with Crippen molar-refractivity contribution in [3.8, 4) is 11.8 Å². The van der Waals surface area contributed by atoms with Crippen LogP contribution in [0.2, 0.25) is 5.02 Å². The Morgan fingerprint density at radius 3 is 2.68 bits per heavy atom. The minimum atomic E-state index is 0.499. The summed E-state index contributed by atoms with van der Waals surface area (Å²) in [4.78, 5) is 0. The largest absolute Gasteiger partial charge is 0.492 e. The molecule has 1 aromatic rings. The number of ether oxygens (including phenoxy) is 1. The normalized spacial score (nSPS) is 22.8. The van der Waals surface area contributed by atoms with Gasteiger partial charge in [0, 0.05) is 0 Å². The first kappa shape index (κ1) is 14.2. The number of hydrogen-bond donors (Lipinski definition) is 1. The van der Waals surface area contributed by atoms with E-state index in [9.17, 15) is 0 Å². The van der Waals surface area contributed by atoms with Gasteiger partial charge in [-0.05, 0) is 49.4 Å². The zero-order chi connectivity index (χ0) is 13.7. The van der Waals surface area contributed by atoms with Crippen LogP contribution in [0.15, 0.2) is 18.2 Å². The molecule has 0 bridgehead atoms. The monoisotopic (exact) mass is 278 g/mol. The number of halogens is 1. The van der Waals surface area contributed by atoms with Crippen molar-refractivity contribution < 1.29 is 4.74 Å². The van der Waals surface area contributed by atoms with Crippen LogP contribution in [0.1, 0.15) is 31.2 Å². The molecular weight excluding hydrogens is 260 g/mol. The van der Waals surface area contributed by atoms with E-state index in [4.69, 9.17) is 27.3 Å². The Morgan fingerprint density at radius 1 is 1.32 bits per heavy atom. The fourth-order valence-electron chi connectivity index (χ4n) is 2.70. The first-order chi connectivity index (χ1) is 9.24. The van der Waals surface area contributed by atoms with Gasteiger partial charge in [-0.1, -0.05) is 24.4 Å². The standard InChI is InChI=1S/C15H19ClN2O/c16-14-7-11(8-17)5-6-15(14)19-10-13-4-2-1-3-12(13)9-18/h5-7,12-13H,1-4,9-10,18H2. The lowest BCUT2D eigenvalue weighted by Crippen LogP contribution is -2.30. The van der Waals surface area contributed by atoms with Crippen LogP contribution in [0.5, 0.6) is 5.75 Å². The molecule has 0 saturated heterocycles. The van der Waals surface area contributed by atoms with Crippen LogP contribution in [-0.2, 0) is 0 Å². The second kappa shape index (κ2) is 6.79. The van der Waals surface area contributed by atoms with Gasteiger partial charge in [0.25, 0.3) is 0 Å². The zero-order valence-electron chi connectivity index (χ0n) is 10.9. The zero-order valence-corrected chi connectivity index (χ0v) is 11.7. The van der Waals surface area contributed by atoms with Crippen LogP contribution in [0.4, 0.5) is 0 Å². The summed E-state index contributed by atoms with van der Waals surface area (Å²) in [6.45, 7) is 1.39. The van der Waals surface area contributed by atoms with Crippen molar-refractivity contribution in [2.24, 2.45) is 17.6 Å². The quantitative estimate of drug-likeness (QED) is 0.919. The van der Waals surface area contributed by atoms with Crippen molar-refractivity contribution >= 4 is 11.6 Å². The van der Waals surface area contributed by atoms with Crippen molar-refractivity contribution in [1.29, 1.82) is 5.26 Å². The van der Waals surface area contributed by atoms with Gasteiger partial charge in [0.2, 0.25) is 0 Å². The average Bonchev–Trinajstić information content (AvgIpc) is 2.46. The molecule has 4 heteroatoms. The van der Waals surface area contributed by atoms with E-state index in [1.807, 2.05) is 0 Å². The molecule has 1 saturated carbocycles. The Bertz CT molecular complexity index is 470. The van der Waals surface area contributed by atoms with E-state index >= 15 is 0 Å². The number of nitriles is 1. The van der Waals surface area contributed by atoms with Gasteiger partial charge in [-0.3, -0.25) is 0 Å². The summed E-state index contributed by atoms with van der Waals surface area (Å²) in [5, 5.41) is 9.29. The summed E-state index contributed by atoms with van der Waals surface area (Å²) in [5.41, 5.74) is 6.36. The first-order valence-electron chi connectivity index (χ1n) is 6.77. The minimum Gasteiger partial charge on any atom is -0.492 e. The van der Waals surface area contributed by atoms with Gasteiger partial charge in [0.15, 0.2) is 0 Å². The Morgan fingerprint density at radius 2 is 2.05 bits per heavy atom. The van der Waals surface area contributed by atoms with Crippen LogP contribution >= 0.6 is 11.6 Å². The SMILES string of the molecule is N#Cc1ccc(OCC2CCCCC2CN)c(Cl)c1. The topological polar surface area (TPSA) is 59.0 Å². The molecule has 1 aliphatic carbocycles. The molecule has 0 radical (unpaired) electrons. The highest BCUT2D eigenvalue weighted by molar-refractivity contribution is 6.32. The lowest BCUT2D eigenvalue weighted by Gasteiger charge is -2.30. The summed E-state index contributed by atoms with van der Waals surface area (Å²) in [7, 11) is 0. The number of hydrogen-bond acceptors (Lipinski definition) is 3. The van der Waals surface area contributed by atoms with E-state index in [2.05, 4.69) is 6.07 Å². The van der Waals surface area contributed by atoms with Gasteiger partial charge in [-0.2, -0.15) is 5.26 Å². The number of benzene rings is 1. The van der Waals surface area contributed by atoms with E-state index in [0.717, 1.165) is 6.54 Å². The molecule has 2 N–H and O–H groups in total. The van der Waals surface area contributed by atoms with E-state index in [0.29, 0.717) is 34.8 Å². The lowest BCUT2D eigenvalue weighted by atomic mass is 9.80. The van der Waals surface area contributed by atoms with Gasteiger partial charge in [-0.15, -0.1) is 0 Å². The molecule has 1 fully saturated rings. The molecule has 0 aromatic heterocycles. The number of nitrogens with two attached hydrogens (primary N) is 1. The maximum atomic E-state index is 8.79. The summed E-state index contributed by atoms with van der Waals surface area (Å²) < 4.78 is 5.81. The van der Waals surface area contributed by atoms with E-state index in [-0.39, 0.29) is 0 Å². The highest BCUT2D eigenvalue weighted by Gasteiger charge is 2.24. The van der Waals surface area contributed by atoms with Gasteiger partial charge >= 0.3 is 0 Å². The predicted octanol–water partition coefficient (Wildman–Crippen LogP) is 3.36. The fourth-order valence-corrected chi connectivity index (χ4v) is 2.93. The molecular formula is C15H19ClN2O. The van der Waals surface area contributed by atoms with E-state index in [1.54, 1.807) is 18.2 Å². The van der Waals surface area contributed by atoms with Crippen molar-refractivity contribution in [2.45, 2.75) is 25.7 Å². The molecule has 3 nitrogen and oxygen atoms in total. The molecule has 2 unspecified atom stereocenters. The summed E-state index contributed by atoms with van der Waals surface area (Å²) in [6, 6.07) is 7.19. The summed E-state index contributed by atoms with van der Waals surface area (Å²) in [5.74, 6) is 1.73. The minimum absolute atomic E-state index is 0.499. The first-order valence-corrected chi connectivity index (χ1v) is 7.15. The Hall–Kier alpha value is -1.24. The van der Waals surface area contributed by atoms with Gasteiger partial charge in [0.05, 0.1) is 23.3 Å². The highest BCUT2D eigenvalue weighted by Crippen LogP contribution is 2.31. The molecule has 0 aliphatic heterocycles. The predicted molar refractivity (Wildman–Crippen MR) is 76.2 cm³/mol. The number of rotatable bonds is 4. The second-order valence-corrected chi connectivity index (χ2v) is 5.52. The Balaban J connectivity index is 1.96. The van der Waals surface area contributed by atoms with Crippen molar-refractivity contribution in [3.05, 3.63) is 28.8 Å². The molecule has 2 atom stereocenters. The van der Waals surface area contributed by atoms with Crippen LogP contribution in [0.25, 0.3) is 0 Å². The molecule has 1 aliphatic rings. The molecule has 0 amide bonds. The van der Waals surface area contributed by atoms with E-state index in [1.165, 1.54) is 25.7 Å². The highest BCUT2D eigenvalue weighted by atomic mass is 35.5. The smallest absolute Gasteiger partial charge is 0.137 e. The fraction of sp³-hybridized carbons (Fsp3) is 0.533. The number of nitrogens with zero attached hydrogens (tertiary/aromatic N) is 1. The summed E-state index contributed by atoms with van der Waals surface area (Å²) >= 11 is 6.10. The third-order valence-corrected chi connectivity index (χ3v) is 4.18. The van der Waals surface area contributed by atoms with E-state index < -0.39 is 0 Å². The van der Waals surface area contributed by atoms with Crippen LogP contribution in [0, 0.1) is 23.2 Å². The summed E-state index contributed by atoms with van der Waals surface area (Å²) in [6.07, 6.45) is 4.91. The molecule has 2 rings (SSSR count).